The van der Waals surface area contributed by atoms with Gasteiger partial charge in [0.05, 0.1) is 0 Å². The second-order valence-corrected chi connectivity index (χ2v) is 2.19. The van der Waals surface area contributed by atoms with E-state index in [4.69, 9.17) is 5.11 Å². The van der Waals surface area contributed by atoms with Crippen LogP contribution in [0.15, 0.2) is 0 Å². The fourth-order valence-corrected chi connectivity index (χ4v) is 0.635. The molecule has 0 aromatic heterocycles. The van der Waals surface area contributed by atoms with Crippen molar-refractivity contribution in [1.29, 1.82) is 0 Å². The van der Waals surface area contributed by atoms with Crippen LogP contribution in [0.25, 0.3) is 0 Å². The summed E-state index contributed by atoms with van der Waals surface area (Å²) in [5.41, 5.74) is 0. The van der Waals surface area contributed by atoms with Crippen molar-refractivity contribution in [3.63, 3.8) is 0 Å². The molecule has 3 heteroatoms. The van der Waals surface area contributed by atoms with Gasteiger partial charge in [0.2, 0.25) is 0 Å². The van der Waals surface area contributed by atoms with E-state index in [1.165, 1.54) is 0 Å². The Bertz CT molecular complexity index is 88.4. The Labute approximate surface area is 46.3 Å². The van der Waals surface area contributed by atoms with Crippen LogP contribution in [0.2, 0.25) is 0 Å². The third-order valence-corrected chi connectivity index (χ3v) is 1.39. The van der Waals surface area contributed by atoms with Crippen LogP contribution >= 0.6 is 0 Å². The third-order valence-electron chi connectivity index (χ3n) is 1.39. The molecule has 48 valence electrons. The average molecular weight is 122 g/mol. The van der Waals surface area contributed by atoms with E-state index in [2.05, 4.69) is 0 Å². The second-order valence-electron chi connectivity index (χ2n) is 2.19. The number of aliphatic hydroxyl groups is 1. The normalized spacial score (nSPS) is 21.4. The van der Waals surface area contributed by atoms with Gasteiger partial charge in [0.1, 0.15) is 6.61 Å². The van der Waals surface area contributed by atoms with Gasteiger partial charge in [0, 0.05) is 5.92 Å². The summed E-state index contributed by atoms with van der Waals surface area (Å²) in [7, 11) is 0. The molecule has 1 rings (SSSR count). The van der Waals surface area contributed by atoms with Crippen molar-refractivity contribution in [3.8, 4) is 0 Å². The van der Waals surface area contributed by atoms with E-state index in [-0.39, 0.29) is 0 Å². The molecule has 0 amide bonds. The van der Waals surface area contributed by atoms with Gasteiger partial charge in [-0.25, -0.2) is 8.78 Å². The highest BCUT2D eigenvalue weighted by Gasteiger charge is 2.45. The van der Waals surface area contributed by atoms with Crippen molar-refractivity contribution in [2.75, 3.05) is 6.61 Å². The van der Waals surface area contributed by atoms with Crippen LogP contribution in [0.5, 0.6) is 0 Å². The summed E-state index contributed by atoms with van der Waals surface area (Å²) in [5.74, 6) is -3.31. The predicted octanol–water partition coefficient (Wildman–Crippen LogP) is 1.02. The monoisotopic (exact) mass is 122 g/mol. The van der Waals surface area contributed by atoms with Crippen LogP contribution in [-0.2, 0) is 0 Å². The molecule has 1 saturated carbocycles. The highest BCUT2D eigenvalue weighted by Crippen LogP contribution is 2.42. The zero-order chi connectivity index (χ0) is 6.20. The summed E-state index contributed by atoms with van der Waals surface area (Å²) in [6, 6.07) is 0. The molecule has 1 aliphatic carbocycles. The molecule has 0 unspecified atom stereocenters. The van der Waals surface area contributed by atoms with Crippen molar-refractivity contribution >= 4 is 0 Å². The van der Waals surface area contributed by atoms with Crippen molar-refractivity contribution in [2.45, 2.75) is 18.8 Å². The molecule has 0 aliphatic heterocycles. The fraction of sp³-hybridized carbons (Fsp3) is 1.00. The lowest BCUT2D eigenvalue weighted by molar-refractivity contribution is -0.0684. The molecule has 0 radical (unpaired) electrons. The molecule has 0 heterocycles. The Balaban J connectivity index is 2.37. The topological polar surface area (TPSA) is 20.2 Å². The van der Waals surface area contributed by atoms with Crippen molar-refractivity contribution in [2.24, 2.45) is 5.92 Å². The van der Waals surface area contributed by atoms with E-state index in [1.54, 1.807) is 0 Å². The van der Waals surface area contributed by atoms with E-state index in [1.807, 2.05) is 0 Å². The smallest absolute Gasteiger partial charge is 0.273 e. The van der Waals surface area contributed by atoms with Gasteiger partial charge >= 0.3 is 0 Å². The molecule has 0 saturated heterocycles. The van der Waals surface area contributed by atoms with Gasteiger partial charge in [0.15, 0.2) is 0 Å². The van der Waals surface area contributed by atoms with Crippen LogP contribution in [-0.4, -0.2) is 17.6 Å². The zero-order valence-electron chi connectivity index (χ0n) is 4.40. The summed E-state index contributed by atoms with van der Waals surface area (Å²) < 4.78 is 24.2. The fourth-order valence-electron chi connectivity index (χ4n) is 0.635. The number of hydrogen-bond acceptors (Lipinski definition) is 1. The van der Waals surface area contributed by atoms with Gasteiger partial charge in [0.25, 0.3) is 5.92 Å². The van der Waals surface area contributed by atoms with Gasteiger partial charge in [-0.05, 0) is 12.8 Å². The Kier molecular flexibility index (Phi) is 1.23. The number of alkyl halides is 2. The van der Waals surface area contributed by atoms with Gasteiger partial charge in [-0.1, -0.05) is 0 Å². The van der Waals surface area contributed by atoms with Gasteiger partial charge < -0.3 is 5.11 Å². The molecule has 0 spiro atoms. The standard InChI is InChI=1S/C5H8F2O/c6-5(7,3-8)4-1-2-4/h4,8H,1-3H2. The van der Waals surface area contributed by atoms with E-state index in [0.717, 1.165) is 0 Å². The lowest BCUT2D eigenvalue weighted by Gasteiger charge is -2.09. The van der Waals surface area contributed by atoms with E-state index in [0.29, 0.717) is 12.8 Å². The van der Waals surface area contributed by atoms with E-state index in [9.17, 15) is 8.78 Å². The number of rotatable bonds is 2. The second kappa shape index (κ2) is 1.65. The SMILES string of the molecule is OCC(F)(F)C1CC1. The molecule has 0 aromatic carbocycles. The van der Waals surface area contributed by atoms with Gasteiger partial charge in [-0.15, -0.1) is 0 Å². The number of halogens is 2. The highest BCUT2D eigenvalue weighted by atomic mass is 19.3. The summed E-state index contributed by atoms with van der Waals surface area (Å²) in [6.07, 6.45) is 1.15. The summed E-state index contributed by atoms with van der Waals surface area (Å²) >= 11 is 0. The van der Waals surface area contributed by atoms with Crippen LogP contribution in [0, 0.1) is 5.92 Å². The quantitative estimate of drug-likeness (QED) is 0.579. The Morgan fingerprint density at radius 3 is 2.12 bits per heavy atom. The van der Waals surface area contributed by atoms with Gasteiger partial charge in [-0.2, -0.15) is 0 Å². The predicted molar refractivity (Wildman–Crippen MR) is 24.8 cm³/mol. The minimum absolute atomic E-state index is 0.521. The molecular formula is C5H8F2O. The molecule has 1 fully saturated rings. The molecular weight excluding hydrogens is 114 g/mol. The Morgan fingerprint density at radius 2 is 2.00 bits per heavy atom. The Morgan fingerprint density at radius 1 is 1.50 bits per heavy atom. The first kappa shape index (κ1) is 5.95. The third kappa shape index (κ3) is 0.968. The summed E-state index contributed by atoms with van der Waals surface area (Å²) in [6.45, 7) is -0.988. The minimum Gasteiger partial charge on any atom is -0.390 e. The highest BCUT2D eigenvalue weighted by molar-refractivity contribution is 4.86. The first-order valence-corrected chi connectivity index (χ1v) is 2.65. The number of aliphatic hydroxyl groups excluding tert-OH is 1. The maximum Gasteiger partial charge on any atom is 0.273 e. The molecule has 0 atom stereocenters. The van der Waals surface area contributed by atoms with Gasteiger partial charge in [-0.3, -0.25) is 0 Å². The average Bonchev–Trinajstić information content (AvgIpc) is 2.44. The molecule has 0 aromatic rings. The number of hydrogen-bond donors (Lipinski definition) is 1. The summed E-state index contributed by atoms with van der Waals surface area (Å²) in [4.78, 5) is 0. The maximum absolute atomic E-state index is 12.1. The zero-order valence-corrected chi connectivity index (χ0v) is 4.40. The molecule has 1 aliphatic rings. The van der Waals surface area contributed by atoms with E-state index >= 15 is 0 Å². The van der Waals surface area contributed by atoms with E-state index < -0.39 is 18.4 Å². The minimum atomic E-state index is -2.79. The van der Waals surface area contributed by atoms with Crippen molar-refractivity contribution < 1.29 is 13.9 Å². The first-order valence-electron chi connectivity index (χ1n) is 2.65. The lowest BCUT2D eigenvalue weighted by Crippen LogP contribution is -2.23. The van der Waals surface area contributed by atoms with Crippen LogP contribution in [0.3, 0.4) is 0 Å². The first-order chi connectivity index (χ1) is 3.67. The van der Waals surface area contributed by atoms with Crippen LogP contribution < -0.4 is 0 Å². The molecule has 8 heavy (non-hydrogen) atoms. The van der Waals surface area contributed by atoms with Crippen LogP contribution in [0.1, 0.15) is 12.8 Å². The van der Waals surface area contributed by atoms with Crippen molar-refractivity contribution in [1.82, 2.24) is 0 Å². The van der Waals surface area contributed by atoms with Crippen molar-refractivity contribution in [3.05, 3.63) is 0 Å². The Hall–Kier alpha value is -0.180. The molecule has 1 nitrogen and oxygen atoms in total. The molecule has 1 N–H and O–H groups in total. The molecule has 0 bridgehead atoms. The summed E-state index contributed by atoms with van der Waals surface area (Å²) in [5, 5.41) is 8.05. The largest absolute Gasteiger partial charge is 0.390 e. The maximum atomic E-state index is 12.1. The van der Waals surface area contributed by atoms with Crippen LogP contribution in [0.4, 0.5) is 8.78 Å². The lowest BCUT2D eigenvalue weighted by atomic mass is 10.2.